The van der Waals surface area contributed by atoms with Gasteiger partial charge in [0.15, 0.2) is 5.82 Å². The molecule has 1 unspecified atom stereocenters. The lowest BCUT2D eigenvalue weighted by molar-refractivity contribution is 0.170. The van der Waals surface area contributed by atoms with Crippen LogP contribution in [0, 0.1) is 0 Å². The number of hydrogen-bond acceptors (Lipinski definition) is 5. The molecule has 7 heteroatoms. The zero-order chi connectivity index (χ0) is 11.5. The first kappa shape index (κ1) is 11.2. The molecule has 0 saturated carbocycles. The number of hydrogen-bond donors (Lipinski definition) is 1. The molecule has 16 heavy (non-hydrogen) atoms. The van der Waals surface area contributed by atoms with Gasteiger partial charge < -0.3 is 5.11 Å². The van der Waals surface area contributed by atoms with Crippen molar-refractivity contribution in [2.75, 3.05) is 0 Å². The van der Waals surface area contributed by atoms with E-state index < -0.39 is 6.10 Å². The van der Waals surface area contributed by atoms with Crippen molar-refractivity contribution in [3.05, 3.63) is 34.3 Å². The fourth-order valence-corrected chi connectivity index (χ4v) is 1.84. The van der Waals surface area contributed by atoms with Gasteiger partial charge in [-0.25, -0.2) is 0 Å². The smallest absolute Gasteiger partial charge is 0.177 e. The van der Waals surface area contributed by atoms with Crippen LogP contribution in [0.2, 0.25) is 0 Å². The highest BCUT2D eigenvalue weighted by Gasteiger charge is 2.15. The molecule has 0 bridgehead atoms. The van der Waals surface area contributed by atoms with Gasteiger partial charge >= 0.3 is 0 Å². The Morgan fingerprint density at radius 3 is 3.00 bits per heavy atom. The normalized spacial score (nSPS) is 12.7. The molecule has 1 atom stereocenters. The van der Waals surface area contributed by atoms with Crippen molar-refractivity contribution in [2.45, 2.75) is 12.5 Å². The minimum Gasteiger partial charge on any atom is -0.386 e. The molecule has 0 aliphatic carbocycles. The van der Waals surface area contributed by atoms with Crippen LogP contribution in [0.3, 0.4) is 0 Å². The minimum atomic E-state index is -0.736. The van der Waals surface area contributed by atoms with Crippen molar-refractivity contribution in [1.29, 1.82) is 0 Å². The monoisotopic (exact) mass is 283 g/mol. The molecule has 0 spiro atoms. The van der Waals surface area contributed by atoms with E-state index in [-0.39, 0.29) is 0 Å². The number of aliphatic hydroxyl groups is 1. The van der Waals surface area contributed by atoms with E-state index >= 15 is 0 Å². The average molecular weight is 284 g/mol. The summed E-state index contributed by atoms with van der Waals surface area (Å²) < 4.78 is 0.770. The topological polar surface area (TPSA) is 76.7 Å². The summed E-state index contributed by atoms with van der Waals surface area (Å²) >= 11 is 3.33. The van der Waals surface area contributed by atoms with Gasteiger partial charge in [0.1, 0.15) is 6.10 Å². The Balaban J connectivity index is 2.14. The summed E-state index contributed by atoms with van der Waals surface area (Å²) in [6, 6.07) is 3.62. The second-order valence-corrected chi connectivity index (χ2v) is 4.14. The van der Waals surface area contributed by atoms with Gasteiger partial charge in [-0.05, 0) is 33.3 Å². The number of aliphatic hydroxyl groups excluding tert-OH is 1. The first-order chi connectivity index (χ1) is 7.66. The van der Waals surface area contributed by atoms with E-state index in [1.54, 1.807) is 19.3 Å². The number of tetrazole rings is 1. The molecule has 0 saturated heterocycles. The predicted octanol–water partition coefficient (Wildman–Crippen LogP) is 0.644. The summed E-state index contributed by atoms with van der Waals surface area (Å²) in [4.78, 5) is 5.46. The molecule has 2 heterocycles. The van der Waals surface area contributed by atoms with Gasteiger partial charge in [0.2, 0.25) is 0 Å². The molecular formula is C9H10BrN5O. The van der Waals surface area contributed by atoms with Crippen LogP contribution in [0.15, 0.2) is 22.8 Å². The average Bonchev–Trinajstić information content (AvgIpc) is 2.64. The molecule has 1 N–H and O–H groups in total. The third kappa shape index (κ3) is 2.42. The van der Waals surface area contributed by atoms with Crippen LogP contribution >= 0.6 is 15.9 Å². The van der Waals surface area contributed by atoms with Crippen molar-refractivity contribution >= 4 is 15.9 Å². The Labute approximate surface area is 100 Å². The number of nitrogens with zero attached hydrogens (tertiary/aromatic N) is 5. The maximum absolute atomic E-state index is 9.95. The molecule has 2 aromatic heterocycles. The summed E-state index contributed by atoms with van der Waals surface area (Å²) in [6.07, 6.45) is 1.19. The number of halogens is 1. The zero-order valence-corrected chi connectivity index (χ0v) is 10.2. The predicted molar refractivity (Wildman–Crippen MR) is 59.4 cm³/mol. The molecule has 0 radical (unpaired) electrons. The maximum atomic E-state index is 9.95. The Bertz CT molecular complexity index is 486. The van der Waals surface area contributed by atoms with Crippen molar-refractivity contribution in [2.24, 2.45) is 7.05 Å². The highest BCUT2D eigenvalue weighted by molar-refractivity contribution is 9.10. The van der Waals surface area contributed by atoms with Gasteiger partial charge in [0.25, 0.3) is 0 Å². The molecule has 0 aliphatic heterocycles. The molecule has 6 nitrogen and oxygen atoms in total. The van der Waals surface area contributed by atoms with Gasteiger partial charge in [-0.1, -0.05) is 0 Å². The molecule has 0 amide bonds. The van der Waals surface area contributed by atoms with Gasteiger partial charge in [-0.15, -0.1) is 10.2 Å². The summed E-state index contributed by atoms with van der Waals surface area (Å²) in [5.41, 5.74) is 0.579. The molecule has 84 valence electrons. The lowest BCUT2D eigenvalue weighted by Crippen LogP contribution is -2.06. The number of rotatable bonds is 3. The quantitative estimate of drug-likeness (QED) is 0.895. The van der Waals surface area contributed by atoms with Crippen molar-refractivity contribution < 1.29 is 5.11 Å². The third-order valence-electron chi connectivity index (χ3n) is 2.03. The zero-order valence-electron chi connectivity index (χ0n) is 8.58. The Kier molecular flexibility index (Phi) is 3.25. The van der Waals surface area contributed by atoms with Crippen LogP contribution in [-0.2, 0) is 13.5 Å². The van der Waals surface area contributed by atoms with Gasteiger partial charge in [-0.3, -0.25) is 4.98 Å². The molecule has 0 fully saturated rings. The number of aromatic nitrogens is 5. The second-order valence-electron chi connectivity index (χ2n) is 3.29. The van der Waals surface area contributed by atoms with Crippen LogP contribution in [0.25, 0.3) is 0 Å². The standard InChI is InChI=1S/C9H10BrN5O/c1-15-13-8(12-14-15)5-7(16)9-6(10)3-2-4-11-9/h2-4,7,16H,5H2,1H3. The van der Waals surface area contributed by atoms with Crippen molar-refractivity contribution in [1.82, 2.24) is 25.2 Å². The van der Waals surface area contributed by atoms with Crippen LogP contribution in [0.1, 0.15) is 17.6 Å². The Hall–Kier alpha value is -1.34. The van der Waals surface area contributed by atoms with Crippen molar-refractivity contribution in [3.63, 3.8) is 0 Å². The number of pyridine rings is 1. The lowest BCUT2D eigenvalue weighted by atomic mass is 10.1. The lowest BCUT2D eigenvalue weighted by Gasteiger charge is -2.08. The van der Waals surface area contributed by atoms with E-state index in [1.165, 1.54) is 4.80 Å². The van der Waals surface area contributed by atoms with Crippen LogP contribution < -0.4 is 0 Å². The van der Waals surface area contributed by atoms with E-state index in [4.69, 9.17) is 0 Å². The Morgan fingerprint density at radius 2 is 2.38 bits per heavy atom. The summed E-state index contributed by atoms with van der Waals surface area (Å²) in [5, 5.41) is 21.5. The summed E-state index contributed by atoms with van der Waals surface area (Å²) in [7, 11) is 1.68. The molecule has 2 aromatic rings. The molecule has 0 aliphatic rings. The number of aryl methyl sites for hydroxylation is 1. The first-order valence-corrected chi connectivity index (χ1v) is 5.47. The fourth-order valence-electron chi connectivity index (χ4n) is 1.32. The minimum absolute atomic E-state index is 0.295. The molecular weight excluding hydrogens is 274 g/mol. The van der Waals surface area contributed by atoms with Gasteiger partial charge in [-0.2, -0.15) is 4.80 Å². The van der Waals surface area contributed by atoms with Crippen LogP contribution in [0.5, 0.6) is 0 Å². The van der Waals surface area contributed by atoms with E-state index in [0.29, 0.717) is 17.9 Å². The molecule has 0 aromatic carbocycles. The SMILES string of the molecule is Cn1nnc(CC(O)c2ncccc2Br)n1. The van der Waals surface area contributed by atoms with E-state index in [9.17, 15) is 5.11 Å². The maximum Gasteiger partial charge on any atom is 0.177 e. The largest absolute Gasteiger partial charge is 0.386 e. The fraction of sp³-hybridized carbons (Fsp3) is 0.333. The Morgan fingerprint density at radius 1 is 1.56 bits per heavy atom. The highest BCUT2D eigenvalue weighted by Crippen LogP contribution is 2.22. The van der Waals surface area contributed by atoms with Crippen LogP contribution in [0.4, 0.5) is 0 Å². The van der Waals surface area contributed by atoms with Gasteiger partial charge in [0, 0.05) is 17.1 Å². The highest BCUT2D eigenvalue weighted by atomic mass is 79.9. The van der Waals surface area contributed by atoms with Crippen LogP contribution in [-0.4, -0.2) is 30.3 Å². The third-order valence-corrected chi connectivity index (χ3v) is 2.70. The first-order valence-electron chi connectivity index (χ1n) is 4.68. The molecule has 2 rings (SSSR count). The second kappa shape index (κ2) is 4.67. The van der Waals surface area contributed by atoms with E-state index in [1.807, 2.05) is 6.07 Å². The van der Waals surface area contributed by atoms with Gasteiger partial charge in [0.05, 0.1) is 12.7 Å². The summed E-state index contributed by atoms with van der Waals surface area (Å²) in [6.45, 7) is 0. The van der Waals surface area contributed by atoms with E-state index in [2.05, 4.69) is 36.3 Å². The summed E-state index contributed by atoms with van der Waals surface area (Å²) in [5.74, 6) is 0.493. The van der Waals surface area contributed by atoms with E-state index in [0.717, 1.165) is 4.47 Å². The van der Waals surface area contributed by atoms with Crippen molar-refractivity contribution in [3.8, 4) is 0 Å².